The zero-order valence-corrected chi connectivity index (χ0v) is 11.3. The summed E-state index contributed by atoms with van der Waals surface area (Å²) >= 11 is 5.85. The lowest BCUT2D eigenvalue weighted by molar-refractivity contribution is -0.389. The lowest BCUT2D eigenvalue weighted by Gasteiger charge is -1.99. The molecule has 0 unspecified atom stereocenters. The Morgan fingerprint density at radius 1 is 1.25 bits per heavy atom. The second-order valence-corrected chi connectivity index (χ2v) is 4.87. The minimum Gasteiger partial charge on any atom is -0.358 e. The van der Waals surface area contributed by atoms with Gasteiger partial charge in [-0.1, -0.05) is 23.7 Å². The first-order valence-corrected chi connectivity index (χ1v) is 6.34. The van der Waals surface area contributed by atoms with E-state index in [1.54, 1.807) is 36.5 Å². The number of rotatable bonds is 2. The molecule has 5 nitrogen and oxygen atoms in total. The van der Waals surface area contributed by atoms with Gasteiger partial charge in [-0.25, -0.2) is 0 Å². The van der Waals surface area contributed by atoms with E-state index in [0.29, 0.717) is 21.9 Å². The lowest BCUT2D eigenvalue weighted by Crippen LogP contribution is -1.96. The fourth-order valence-electron chi connectivity index (χ4n) is 2.17. The average molecular weight is 288 g/mol. The van der Waals surface area contributed by atoms with Crippen LogP contribution in [0.25, 0.3) is 16.9 Å². The Balaban J connectivity index is 2.35. The maximum atomic E-state index is 11.4. The first-order chi connectivity index (χ1) is 9.58. The third-order valence-corrected chi connectivity index (χ3v) is 3.36. The largest absolute Gasteiger partial charge is 0.358 e. The van der Waals surface area contributed by atoms with E-state index in [0.717, 1.165) is 5.56 Å². The number of benzene rings is 1. The summed E-state index contributed by atoms with van der Waals surface area (Å²) in [6.45, 7) is 1.87. The third-order valence-electron chi connectivity index (χ3n) is 3.11. The molecule has 100 valence electrons. The van der Waals surface area contributed by atoms with Gasteiger partial charge in [-0.15, -0.1) is 0 Å². The zero-order chi connectivity index (χ0) is 14.3. The highest BCUT2D eigenvalue weighted by Gasteiger charge is 2.24. The van der Waals surface area contributed by atoms with E-state index in [1.807, 2.05) is 13.0 Å². The van der Waals surface area contributed by atoms with Gasteiger partial charge in [-0.05, 0) is 36.1 Å². The number of pyridine rings is 1. The Morgan fingerprint density at radius 2 is 1.95 bits per heavy atom. The van der Waals surface area contributed by atoms with E-state index in [-0.39, 0.29) is 5.82 Å². The van der Waals surface area contributed by atoms with Gasteiger partial charge >= 0.3 is 5.82 Å². The van der Waals surface area contributed by atoms with Crippen molar-refractivity contribution >= 4 is 23.1 Å². The molecule has 0 saturated heterocycles. The molecule has 3 rings (SSSR count). The van der Waals surface area contributed by atoms with Crippen molar-refractivity contribution in [2.45, 2.75) is 6.92 Å². The maximum Gasteiger partial charge on any atom is 0.355 e. The Morgan fingerprint density at radius 3 is 2.60 bits per heavy atom. The number of hydrogen-bond acceptors (Lipinski definition) is 3. The van der Waals surface area contributed by atoms with E-state index in [9.17, 15) is 10.1 Å². The number of aryl methyl sites for hydroxylation is 1. The lowest BCUT2D eigenvalue weighted by atomic mass is 10.1. The van der Waals surface area contributed by atoms with E-state index in [1.165, 1.54) is 4.40 Å². The van der Waals surface area contributed by atoms with Gasteiger partial charge < -0.3 is 10.1 Å². The number of fused-ring (bicyclic) bond motifs is 1. The van der Waals surface area contributed by atoms with Crippen LogP contribution in [0, 0.1) is 17.0 Å². The van der Waals surface area contributed by atoms with Gasteiger partial charge in [-0.3, -0.25) is 0 Å². The fraction of sp³-hybridized carbons (Fsp3) is 0.0714. The molecule has 0 aliphatic rings. The van der Waals surface area contributed by atoms with Crippen molar-refractivity contribution < 1.29 is 4.92 Å². The molecule has 0 aliphatic heterocycles. The summed E-state index contributed by atoms with van der Waals surface area (Å²) in [7, 11) is 0. The molecule has 0 fully saturated rings. The average Bonchev–Trinajstić information content (AvgIpc) is 2.80. The van der Waals surface area contributed by atoms with Crippen LogP contribution in [0.15, 0.2) is 42.6 Å². The number of hydrogen-bond donors (Lipinski definition) is 0. The smallest absolute Gasteiger partial charge is 0.355 e. The van der Waals surface area contributed by atoms with E-state index >= 15 is 0 Å². The Hall–Kier alpha value is -2.40. The number of halogens is 1. The molecule has 6 heteroatoms. The van der Waals surface area contributed by atoms with Crippen LogP contribution < -0.4 is 0 Å². The van der Waals surface area contributed by atoms with Gasteiger partial charge in [-0.2, -0.15) is 9.38 Å². The second-order valence-electron chi connectivity index (χ2n) is 4.43. The van der Waals surface area contributed by atoms with Crippen molar-refractivity contribution in [1.29, 1.82) is 0 Å². The van der Waals surface area contributed by atoms with Crippen LogP contribution in [0.4, 0.5) is 5.82 Å². The molecule has 0 aliphatic carbocycles. The monoisotopic (exact) mass is 287 g/mol. The molecular weight excluding hydrogens is 278 g/mol. The minimum atomic E-state index is -0.413. The summed E-state index contributed by atoms with van der Waals surface area (Å²) in [4.78, 5) is 15.4. The van der Waals surface area contributed by atoms with Crippen LogP contribution in [0.5, 0.6) is 0 Å². The highest BCUT2D eigenvalue weighted by atomic mass is 35.5. The van der Waals surface area contributed by atoms with Gasteiger partial charge in [0.1, 0.15) is 0 Å². The number of nitro groups is 1. The topological polar surface area (TPSA) is 60.4 Å². The van der Waals surface area contributed by atoms with Gasteiger partial charge in [0.25, 0.3) is 0 Å². The first-order valence-electron chi connectivity index (χ1n) is 5.96. The van der Waals surface area contributed by atoms with E-state index < -0.39 is 4.92 Å². The maximum absolute atomic E-state index is 11.4. The normalized spacial score (nSPS) is 10.9. The molecule has 0 amide bonds. The van der Waals surface area contributed by atoms with E-state index in [2.05, 4.69) is 4.98 Å². The van der Waals surface area contributed by atoms with Gasteiger partial charge in [0.15, 0.2) is 5.69 Å². The second kappa shape index (κ2) is 4.61. The molecule has 0 atom stereocenters. The summed E-state index contributed by atoms with van der Waals surface area (Å²) in [6.07, 6.45) is 1.65. The molecule has 2 aromatic heterocycles. The predicted octanol–water partition coefficient (Wildman–Crippen LogP) is 3.87. The molecule has 0 radical (unpaired) electrons. The highest BCUT2D eigenvalue weighted by Crippen LogP contribution is 2.31. The predicted molar refractivity (Wildman–Crippen MR) is 77.0 cm³/mol. The van der Waals surface area contributed by atoms with Crippen molar-refractivity contribution in [1.82, 2.24) is 9.38 Å². The van der Waals surface area contributed by atoms with Crippen molar-refractivity contribution in [2.24, 2.45) is 0 Å². The summed E-state index contributed by atoms with van der Waals surface area (Å²) < 4.78 is 1.50. The van der Waals surface area contributed by atoms with Crippen LogP contribution in [-0.2, 0) is 0 Å². The minimum absolute atomic E-state index is 0.0361. The molecule has 0 bridgehead atoms. The van der Waals surface area contributed by atoms with Crippen LogP contribution in [0.3, 0.4) is 0 Å². The third kappa shape index (κ3) is 1.92. The summed E-state index contributed by atoms with van der Waals surface area (Å²) in [5.41, 5.74) is 2.49. The standard InChI is InChI=1S/C14H10ClN3O2/c1-9-3-2-8-17-13(9)16-12(14(17)18(19)20)10-4-6-11(15)7-5-10/h2-8H,1H3. The van der Waals surface area contributed by atoms with Gasteiger partial charge in [0, 0.05) is 16.1 Å². The van der Waals surface area contributed by atoms with Crippen LogP contribution in [0.1, 0.15) is 5.56 Å². The first kappa shape index (κ1) is 12.6. The molecular formula is C14H10ClN3O2. The quantitative estimate of drug-likeness (QED) is 0.531. The van der Waals surface area contributed by atoms with Crippen LogP contribution in [0.2, 0.25) is 5.02 Å². The Kier molecular flexibility index (Phi) is 2.91. The number of nitrogens with zero attached hydrogens (tertiary/aromatic N) is 3. The molecule has 0 spiro atoms. The van der Waals surface area contributed by atoms with Crippen molar-refractivity contribution in [3.8, 4) is 11.3 Å². The van der Waals surface area contributed by atoms with Gasteiger partial charge in [0.05, 0.1) is 6.20 Å². The molecule has 2 heterocycles. The van der Waals surface area contributed by atoms with Crippen molar-refractivity contribution in [3.05, 3.63) is 63.3 Å². The summed E-state index contributed by atoms with van der Waals surface area (Å²) in [5, 5.41) is 11.9. The molecule has 20 heavy (non-hydrogen) atoms. The molecule has 1 aromatic carbocycles. The van der Waals surface area contributed by atoms with Crippen LogP contribution in [-0.4, -0.2) is 14.3 Å². The fourth-order valence-corrected chi connectivity index (χ4v) is 2.29. The van der Waals surface area contributed by atoms with Gasteiger partial charge in [0.2, 0.25) is 5.65 Å². The van der Waals surface area contributed by atoms with Crippen molar-refractivity contribution in [2.75, 3.05) is 0 Å². The van der Waals surface area contributed by atoms with E-state index in [4.69, 9.17) is 11.6 Å². The molecule has 0 N–H and O–H groups in total. The molecule has 0 saturated carbocycles. The summed E-state index contributed by atoms with van der Waals surface area (Å²) in [5.74, 6) is -0.0361. The Bertz CT molecular complexity index is 809. The zero-order valence-electron chi connectivity index (χ0n) is 10.6. The molecule has 3 aromatic rings. The van der Waals surface area contributed by atoms with Crippen LogP contribution >= 0.6 is 11.6 Å². The number of imidazole rings is 1. The summed E-state index contributed by atoms with van der Waals surface area (Å²) in [6, 6.07) is 10.5. The highest BCUT2D eigenvalue weighted by molar-refractivity contribution is 6.30. The number of aromatic nitrogens is 2. The SMILES string of the molecule is Cc1cccn2c([N+](=O)[O-])c(-c3ccc(Cl)cc3)nc12. The van der Waals surface area contributed by atoms with Crippen molar-refractivity contribution in [3.63, 3.8) is 0 Å². The Labute approximate surface area is 119 Å².